The van der Waals surface area contributed by atoms with Crippen LogP contribution in [-0.4, -0.2) is 40.9 Å². The standard InChI is InChI=1S/C21H20N6O2S/c22-8-5-20(23)27-21(25-12-15-6-9-30(28,29)10-7-15)18(14-26-27)17-11-16-3-1-2-4-19(16)24-13-17/h1-5,11-15H,6-7,9-10,23H2/b20-5+,25-12+. The molecule has 1 aromatic carbocycles. The lowest BCUT2D eigenvalue weighted by Gasteiger charge is -2.18. The van der Waals surface area contributed by atoms with E-state index in [2.05, 4.69) is 15.1 Å². The first-order valence-corrected chi connectivity index (χ1v) is 11.3. The van der Waals surface area contributed by atoms with E-state index in [0.717, 1.165) is 22.0 Å². The second kappa shape index (κ2) is 8.08. The Bertz CT molecular complexity index is 1290. The number of pyridine rings is 1. The van der Waals surface area contributed by atoms with Gasteiger partial charge in [0.15, 0.2) is 5.82 Å². The Hall–Kier alpha value is -3.51. The Balaban J connectivity index is 1.74. The van der Waals surface area contributed by atoms with Crippen LogP contribution in [0.5, 0.6) is 0 Å². The van der Waals surface area contributed by atoms with Crippen LogP contribution in [0.4, 0.5) is 5.82 Å². The molecule has 30 heavy (non-hydrogen) atoms. The van der Waals surface area contributed by atoms with Gasteiger partial charge in [-0.1, -0.05) is 18.2 Å². The number of nitrogens with two attached hydrogens (primary N) is 1. The highest BCUT2D eigenvalue weighted by Gasteiger charge is 2.23. The van der Waals surface area contributed by atoms with Crippen molar-refractivity contribution >= 4 is 38.6 Å². The molecule has 3 aromatic rings. The van der Waals surface area contributed by atoms with Crippen molar-refractivity contribution in [3.05, 3.63) is 48.8 Å². The molecule has 0 radical (unpaired) electrons. The average molecular weight is 420 g/mol. The fraction of sp³-hybridized carbons (Fsp3) is 0.238. The van der Waals surface area contributed by atoms with Gasteiger partial charge in [0.25, 0.3) is 0 Å². The molecule has 1 saturated heterocycles. The summed E-state index contributed by atoms with van der Waals surface area (Å²) < 4.78 is 24.7. The van der Waals surface area contributed by atoms with Crippen molar-refractivity contribution < 1.29 is 8.42 Å². The van der Waals surface area contributed by atoms with Gasteiger partial charge in [0, 0.05) is 28.9 Å². The van der Waals surface area contributed by atoms with Crippen LogP contribution in [0.3, 0.4) is 0 Å². The molecule has 1 fully saturated rings. The third-order valence-corrected chi connectivity index (χ3v) is 6.82. The highest BCUT2D eigenvalue weighted by Crippen LogP contribution is 2.33. The fourth-order valence-electron chi connectivity index (χ4n) is 3.44. The molecule has 152 valence electrons. The molecule has 1 aliphatic heterocycles. The number of rotatable bonds is 4. The molecule has 2 aromatic heterocycles. The lowest BCUT2D eigenvalue weighted by atomic mass is 10.0. The Morgan fingerprint density at radius 3 is 2.80 bits per heavy atom. The zero-order valence-corrected chi connectivity index (χ0v) is 17.0. The summed E-state index contributed by atoms with van der Waals surface area (Å²) in [6, 6.07) is 11.7. The number of fused-ring (bicyclic) bond motifs is 1. The molecule has 0 bridgehead atoms. The highest BCUT2D eigenvalue weighted by atomic mass is 32.2. The van der Waals surface area contributed by atoms with Gasteiger partial charge in [0.05, 0.1) is 35.4 Å². The number of aliphatic imine (C=N–C) groups is 1. The molecule has 1 aliphatic rings. The quantitative estimate of drug-likeness (QED) is 0.511. The first-order valence-electron chi connectivity index (χ1n) is 9.50. The maximum Gasteiger partial charge on any atom is 0.164 e. The zero-order valence-electron chi connectivity index (χ0n) is 16.1. The Morgan fingerprint density at radius 2 is 2.03 bits per heavy atom. The third kappa shape index (κ3) is 4.09. The molecular weight excluding hydrogens is 400 g/mol. The van der Waals surface area contributed by atoms with Crippen LogP contribution in [0.1, 0.15) is 12.8 Å². The lowest BCUT2D eigenvalue weighted by molar-refractivity contribution is 0.552. The lowest BCUT2D eigenvalue weighted by Crippen LogP contribution is -2.23. The van der Waals surface area contributed by atoms with Crippen LogP contribution in [0, 0.1) is 17.2 Å². The summed E-state index contributed by atoms with van der Waals surface area (Å²) >= 11 is 0. The van der Waals surface area contributed by atoms with Crippen molar-refractivity contribution in [2.24, 2.45) is 16.6 Å². The molecule has 9 heteroatoms. The van der Waals surface area contributed by atoms with Crippen LogP contribution >= 0.6 is 0 Å². The van der Waals surface area contributed by atoms with E-state index in [-0.39, 0.29) is 23.2 Å². The molecule has 0 aliphatic carbocycles. The topological polar surface area (TPSA) is 127 Å². The third-order valence-electron chi connectivity index (χ3n) is 5.11. The summed E-state index contributed by atoms with van der Waals surface area (Å²) in [7, 11) is -2.94. The molecule has 4 rings (SSSR count). The molecule has 8 nitrogen and oxygen atoms in total. The predicted octanol–water partition coefficient (Wildman–Crippen LogP) is 2.91. The molecule has 0 unspecified atom stereocenters. The number of para-hydroxylation sites is 1. The van der Waals surface area contributed by atoms with Crippen molar-refractivity contribution in [2.75, 3.05) is 11.5 Å². The minimum Gasteiger partial charge on any atom is -0.383 e. The second-order valence-corrected chi connectivity index (χ2v) is 9.48. The Labute approximate surface area is 174 Å². The molecule has 0 spiro atoms. The maximum atomic E-state index is 11.7. The first-order chi connectivity index (χ1) is 14.5. The van der Waals surface area contributed by atoms with Gasteiger partial charge in [-0.05, 0) is 30.9 Å². The van der Waals surface area contributed by atoms with E-state index in [1.165, 1.54) is 10.8 Å². The van der Waals surface area contributed by atoms with Crippen molar-refractivity contribution in [3.8, 4) is 17.2 Å². The Morgan fingerprint density at radius 1 is 1.27 bits per heavy atom. The van der Waals surface area contributed by atoms with Crippen LogP contribution in [0.15, 0.2) is 53.8 Å². The van der Waals surface area contributed by atoms with Gasteiger partial charge < -0.3 is 5.73 Å². The van der Waals surface area contributed by atoms with Gasteiger partial charge in [0.1, 0.15) is 15.7 Å². The van der Waals surface area contributed by atoms with Gasteiger partial charge in [-0.3, -0.25) is 4.98 Å². The zero-order chi connectivity index (χ0) is 21.1. The minimum absolute atomic E-state index is 0.0561. The summed E-state index contributed by atoms with van der Waals surface area (Å²) in [5, 5.41) is 14.3. The summed E-state index contributed by atoms with van der Waals surface area (Å²) in [5.41, 5.74) is 8.43. The van der Waals surface area contributed by atoms with Gasteiger partial charge in [-0.15, -0.1) is 0 Å². The van der Waals surface area contributed by atoms with E-state index >= 15 is 0 Å². The summed E-state index contributed by atoms with van der Waals surface area (Å²) in [6.07, 6.45) is 7.43. The van der Waals surface area contributed by atoms with E-state index in [9.17, 15) is 8.42 Å². The van der Waals surface area contributed by atoms with E-state index in [0.29, 0.717) is 18.7 Å². The number of sulfone groups is 1. The summed E-state index contributed by atoms with van der Waals surface area (Å²) in [5.74, 6) is 1.02. The number of hydrogen-bond donors (Lipinski definition) is 1. The Kier molecular flexibility index (Phi) is 5.33. The predicted molar refractivity (Wildman–Crippen MR) is 117 cm³/mol. The van der Waals surface area contributed by atoms with Crippen molar-refractivity contribution in [2.45, 2.75) is 12.8 Å². The molecular formula is C21H20N6O2S. The molecule has 3 heterocycles. The molecule has 0 amide bonds. The molecule has 0 atom stereocenters. The van der Waals surface area contributed by atoms with E-state index in [1.807, 2.05) is 36.4 Å². The smallest absolute Gasteiger partial charge is 0.164 e. The monoisotopic (exact) mass is 420 g/mol. The van der Waals surface area contributed by atoms with Gasteiger partial charge in [-0.25, -0.2) is 13.4 Å². The van der Waals surface area contributed by atoms with Crippen LogP contribution in [0.2, 0.25) is 0 Å². The van der Waals surface area contributed by atoms with E-state index in [4.69, 9.17) is 11.0 Å². The normalized spacial score (nSPS) is 17.4. The average Bonchev–Trinajstić information content (AvgIpc) is 3.17. The van der Waals surface area contributed by atoms with Gasteiger partial charge in [-0.2, -0.15) is 15.0 Å². The maximum absolute atomic E-state index is 11.7. The molecule has 2 N–H and O–H groups in total. The van der Waals surface area contributed by atoms with Gasteiger partial charge in [0.2, 0.25) is 0 Å². The SMILES string of the molecule is N#C/C=C(\N)n1ncc(-c2cnc3ccccc3c2)c1/N=C/C1CCS(=O)(=O)CC1. The number of benzene rings is 1. The van der Waals surface area contributed by atoms with Crippen molar-refractivity contribution in [1.82, 2.24) is 14.8 Å². The molecule has 0 saturated carbocycles. The minimum atomic E-state index is -2.94. The van der Waals surface area contributed by atoms with Gasteiger partial charge >= 0.3 is 0 Å². The highest BCUT2D eigenvalue weighted by molar-refractivity contribution is 7.91. The second-order valence-electron chi connectivity index (χ2n) is 7.18. The summed E-state index contributed by atoms with van der Waals surface area (Å²) in [6.45, 7) is 0. The van der Waals surface area contributed by atoms with Crippen LogP contribution < -0.4 is 5.73 Å². The number of aromatic nitrogens is 3. The summed E-state index contributed by atoms with van der Waals surface area (Å²) in [4.78, 5) is 9.12. The number of hydrogen-bond acceptors (Lipinski definition) is 7. The number of allylic oxidation sites excluding steroid dienone is 1. The van der Waals surface area contributed by atoms with Crippen LogP contribution in [0.25, 0.3) is 27.9 Å². The largest absolute Gasteiger partial charge is 0.383 e. The van der Waals surface area contributed by atoms with Crippen molar-refractivity contribution in [3.63, 3.8) is 0 Å². The number of nitrogens with zero attached hydrogens (tertiary/aromatic N) is 5. The van der Waals surface area contributed by atoms with E-state index in [1.54, 1.807) is 18.6 Å². The fourth-order valence-corrected chi connectivity index (χ4v) is 4.97. The first kappa shape index (κ1) is 19.8. The van der Waals surface area contributed by atoms with E-state index < -0.39 is 9.84 Å². The van der Waals surface area contributed by atoms with Crippen molar-refractivity contribution in [1.29, 1.82) is 5.26 Å². The number of nitriles is 1. The van der Waals surface area contributed by atoms with Crippen LogP contribution in [-0.2, 0) is 9.84 Å².